The summed E-state index contributed by atoms with van der Waals surface area (Å²) >= 11 is 6.05. The highest BCUT2D eigenvalue weighted by molar-refractivity contribution is 7.89. The van der Waals surface area contributed by atoms with Crippen LogP contribution in [-0.2, 0) is 10.0 Å². The van der Waals surface area contributed by atoms with Crippen molar-refractivity contribution >= 4 is 21.6 Å². The molecule has 0 bridgehead atoms. The van der Waals surface area contributed by atoms with E-state index in [2.05, 4.69) is 0 Å². The van der Waals surface area contributed by atoms with Crippen LogP contribution in [0.15, 0.2) is 53.4 Å². The van der Waals surface area contributed by atoms with E-state index in [9.17, 15) is 12.8 Å². The number of halogens is 2. The fourth-order valence-electron chi connectivity index (χ4n) is 3.13. The summed E-state index contributed by atoms with van der Waals surface area (Å²) < 4.78 is 45.4. The number of hydrogen-bond donors (Lipinski definition) is 1. The molecule has 2 aromatic rings. The quantitative estimate of drug-likeness (QED) is 0.705. The first-order valence-electron chi connectivity index (χ1n) is 8.93. The van der Waals surface area contributed by atoms with Gasteiger partial charge in [-0.3, -0.25) is 0 Å². The number of benzene rings is 2. The molecular weight excluding hydrogens is 391 g/mol. The van der Waals surface area contributed by atoms with Crippen molar-refractivity contribution in [2.75, 3.05) is 39.3 Å². The van der Waals surface area contributed by atoms with Crippen molar-refractivity contribution in [1.29, 1.82) is 0 Å². The first kappa shape index (κ1) is 20.1. The van der Waals surface area contributed by atoms with Crippen molar-refractivity contribution in [1.82, 2.24) is 4.31 Å². The summed E-state index contributed by atoms with van der Waals surface area (Å²) in [6.45, 7) is 3.90. The standard InChI is InChI=1S/C19H22ClFN2O3S/c20-18-4-1-2-5-19(18)27(24,25)23-13-11-22(12-14-23)10-3-15-26-17-8-6-16(21)7-9-17/h1-2,4-9H,3,10-15H2/p+1. The first-order chi connectivity index (χ1) is 13.0. The van der Waals surface area contributed by atoms with Crippen molar-refractivity contribution < 1.29 is 22.4 Å². The monoisotopic (exact) mass is 413 g/mol. The maximum absolute atomic E-state index is 12.9. The van der Waals surface area contributed by atoms with Gasteiger partial charge in [0.2, 0.25) is 10.0 Å². The highest BCUT2D eigenvalue weighted by atomic mass is 35.5. The molecule has 1 heterocycles. The van der Waals surface area contributed by atoms with Gasteiger partial charge in [-0.1, -0.05) is 23.7 Å². The van der Waals surface area contributed by atoms with Crippen LogP contribution in [0.25, 0.3) is 0 Å². The van der Waals surface area contributed by atoms with Crippen molar-refractivity contribution in [2.24, 2.45) is 0 Å². The van der Waals surface area contributed by atoms with Crippen LogP contribution in [0, 0.1) is 5.82 Å². The van der Waals surface area contributed by atoms with Crippen LogP contribution in [-0.4, -0.2) is 52.1 Å². The van der Waals surface area contributed by atoms with Crippen molar-refractivity contribution in [3.05, 3.63) is 59.4 Å². The second-order valence-electron chi connectivity index (χ2n) is 6.49. The largest absolute Gasteiger partial charge is 0.493 e. The van der Waals surface area contributed by atoms with Gasteiger partial charge in [0.05, 0.1) is 44.4 Å². The van der Waals surface area contributed by atoms with E-state index in [0.29, 0.717) is 25.4 Å². The lowest BCUT2D eigenvalue weighted by molar-refractivity contribution is -0.903. The molecule has 0 radical (unpaired) electrons. The normalized spacial score (nSPS) is 16.4. The lowest BCUT2D eigenvalue weighted by Crippen LogP contribution is -3.14. The van der Waals surface area contributed by atoms with Crippen LogP contribution < -0.4 is 9.64 Å². The number of sulfonamides is 1. The summed E-state index contributed by atoms with van der Waals surface area (Å²) in [6.07, 6.45) is 0.851. The smallest absolute Gasteiger partial charge is 0.244 e. The fraction of sp³-hybridized carbons (Fsp3) is 0.368. The number of nitrogens with one attached hydrogen (secondary N) is 1. The third-order valence-electron chi connectivity index (χ3n) is 4.64. The summed E-state index contributed by atoms with van der Waals surface area (Å²) in [4.78, 5) is 1.52. The van der Waals surface area contributed by atoms with Crippen molar-refractivity contribution in [2.45, 2.75) is 11.3 Å². The Bertz CT molecular complexity index is 854. The van der Waals surface area contributed by atoms with E-state index < -0.39 is 10.0 Å². The number of nitrogens with zero attached hydrogens (tertiary/aromatic N) is 1. The molecule has 27 heavy (non-hydrogen) atoms. The lowest BCUT2D eigenvalue weighted by Gasteiger charge is -2.31. The molecule has 0 atom stereocenters. The van der Waals surface area contributed by atoms with E-state index in [1.165, 1.54) is 21.3 Å². The van der Waals surface area contributed by atoms with Gasteiger partial charge in [-0.15, -0.1) is 0 Å². The second kappa shape index (κ2) is 9.01. The predicted octanol–water partition coefficient (Wildman–Crippen LogP) is 1.84. The maximum Gasteiger partial charge on any atom is 0.244 e. The molecule has 1 aliphatic rings. The number of piperazine rings is 1. The van der Waals surface area contributed by atoms with Crippen LogP contribution >= 0.6 is 11.6 Å². The Balaban J connectivity index is 1.43. The highest BCUT2D eigenvalue weighted by Gasteiger charge is 2.31. The molecular formula is C19H23ClFN2O3S+. The van der Waals surface area contributed by atoms with Crippen molar-refractivity contribution in [3.63, 3.8) is 0 Å². The molecule has 0 spiro atoms. The second-order valence-corrected chi connectivity index (χ2v) is 8.80. The predicted molar refractivity (Wildman–Crippen MR) is 102 cm³/mol. The molecule has 0 amide bonds. The van der Waals surface area contributed by atoms with Crippen LogP contribution in [0.3, 0.4) is 0 Å². The van der Waals surface area contributed by atoms with Gasteiger partial charge in [0.25, 0.3) is 0 Å². The van der Waals surface area contributed by atoms with Gasteiger partial charge in [-0.25, -0.2) is 12.8 Å². The van der Waals surface area contributed by atoms with Crippen molar-refractivity contribution in [3.8, 4) is 5.75 Å². The van der Waals surface area contributed by atoms with Crippen LogP contribution in [0.1, 0.15) is 6.42 Å². The SMILES string of the molecule is O=S(=O)(c1ccccc1Cl)N1CC[NH+](CCCOc2ccc(F)cc2)CC1. The van der Waals surface area contributed by atoms with E-state index >= 15 is 0 Å². The number of ether oxygens (including phenoxy) is 1. The third-order valence-corrected chi connectivity index (χ3v) is 7.04. The Kier molecular flexibility index (Phi) is 6.70. The van der Waals surface area contributed by atoms with E-state index in [-0.39, 0.29) is 15.7 Å². The molecule has 0 saturated carbocycles. The zero-order valence-corrected chi connectivity index (χ0v) is 16.5. The van der Waals surface area contributed by atoms with Gasteiger partial charge in [0.1, 0.15) is 16.5 Å². The Morgan fingerprint density at radius 3 is 2.41 bits per heavy atom. The topological polar surface area (TPSA) is 51.0 Å². The first-order valence-corrected chi connectivity index (χ1v) is 10.8. The van der Waals surface area contributed by atoms with E-state index in [1.807, 2.05) is 0 Å². The van der Waals surface area contributed by atoms with Gasteiger partial charge in [0, 0.05) is 6.42 Å². The summed E-state index contributed by atoms with van der Waals surface area (Å²) in [5.41, 5.74) is 0. The Hall–Kier alpha value is -1.67. The molecule has 1 fully saturated rings. The van der Waals surface area contributed by atoms with Crippen LogP contribution in [0.5, 0.6) is 5.75 Å². The Labute approximate surface area is 164 Å². The molecule has 1 saturated heterocycles. The maximum atomic E-state index is 12.9. The van der Waals surface area contributed by atoms with Crippen LogP contribution in [0.4, 0.5) is 4.39 Å². The average Bonchev–Trinajstić information content (AvgIpc) is 2.67. The summed E-state index contributed by atoms with van der Waals surface area (Å²) in [5, 5.41) is 0.255. The zero-order valence-electron chi connectivity index (χ0n) is 14.9. The molecule has 0 aromatic heterocycles. The average molecular weight is 414 g/mol. The summed E-state index contributed by atoms with van der Waals surface area (Å²) in [7, 11) is -3.55. The fourth-order valence-corrected chi connectivity index (χ4v) is 5.06. The number of rotatable bonds is 7. The molecule has 1 N–H and O–H groups in total. The number of quaternary nitrogens is 1. The molecule has 8 heteroatoms. The van der Waals surface area contributed by atoms with E-state index in [4.69, 9.17) is 16.3 Å². The molecule has 2 aromatic carbocycles. The molecule has 0 unspecified atom stereocenters. The summed E-state index contributed by atoms with van der Waals surface area (Å²) in [6, 6.07) is 12.5. The molecule has 0 aliphatic carbocycles. The van der Waals surface area contributed by atoms with E-state index in [0.717, 1.165) is 26.1 Å². The summed E-state index contributed by atoms with van der Waals surface area (Å²) in [5.74, 6) is 0.374. The van der Waals surface area contributed by atoms with E-state index in [1.54, 1.807) is 36.4 Å². The van der Waals surface area contributed by atoms with Crippen LogP contribution in [0.2, 0.25) is 5.02 Å². The molecule has 1 aliphatic heterocycles. The Morgan fingerprint density at radius 2 is 1.74 bits per heavy atom. The highest BCUT2D eigenvalue weighted by Crippen LogP contribution is 2.24. The van der Waals surface area contributed by atoms with Gasteiger partial charge >= 0.3 is 0 Å². The zero-order chi connectivity index (χ0) is 19.3. The molecule has 3 rings (SSSR count). The minimum atomic E-state index is -3.55. The third kappa shape index (κ3) is 5.19. The minimum absolute atomic E-state index is 0.169. The van der Waals surface area contributed by atoms with Gasteiger partial charge in [0.15, 0.2) is 0 Å². The van der Waals surface area contributed by atoms with Gasteiger partial charge < -0.3 is 9.64 Å². The lowest BCUT2D eigenvalue weighted by atomic mass is 10.3. The Morgan fingerprint density at radius 1 is 1.07 bits per heavy atom. The van der Waals surface area contributed by atoms with Gasteiger partial charge in [-0.2, -0.15) is 4.31 Å². The number of hydrogen-bond acceptors (Lipinski definition) is 3. The molecule has 5 nitrogen and oxygen atoms in total. The molecule has 146 valence electrons. The minimum Gasteiger partial charge on any atom is -0.493 e. The van der Waals surface area contributed by atoms with Gasteiger partial charge in [-0.05, 0) is 36.4 Å².